The largest absolute Gasteiger partial charge is 0.394 e. The lowest BCUT2D eigenvalue weighted by Crippen LogP contribution is -2.55. The third-order valence-corrected chi connectivity index (χ3v) is 6.32. The van der Waals surface area contributed by atoms with Gasteiger partial charge in [0.15, 0.2) is 0 Å². The molecule has 0 aliphatic carbocycles. The van der Waals surface area contributed by atoms with Crippen LogP contribution < -0.4 is 0 Å². The predicted octanol–water partition coefficient (Wildman–Crippen LogP) is 5.30. The molecule has 0 radical (unpaired) electrons. The number of hydrogen-bond acceptors (Lipinski definition) is 5. The van der Waals surface area contributed by atoms with Gasteiger partial charge in [-0.2, -0.15) is 0 Å². The maximum Gasteiger partial charge on any atom is 0.114 e. The smallest absolute Gasteiger partial charge is 0.114 e. The Hall–Kier alpha value is -0.460. The molecule has 0 saturated carbocycles. The van der Waals surface area contributed by atoms with Crippen LogP contribution in [0.5, 0.6) is 0 Å². The van der Waals surface area contributed by atoms with Crippen molar-refractivity contribution in [2.75, 3.05) is 19.8 Å². The average molecular weight is 443 g/mol. The second-order valence-corrected chi connectivity index (χ2v) is 9.11. The van der Waals surface area contributed by atoms with Crippen molar-refractivity contribution in [1.29, 1.82) is 0 Å². The van der Waals surface area contributed by atoms with Crippen molar-refractivity contribution in [1.82, 2.24) is 0 Å². The van der Waals surface area contributed by atoms with Crippen LogP contribution in [0.15, 0.2) is 12.2 Å². The van der Waals surface area contributed by atoms with E-state index in [0.29, 0.717) is 6.61 Å². The van der Waals surface area contributed by atoms with Gasteiger partial charge in [0.05, 0.1) is 13.2 Å². The number of hydrogen-bond donors (Lipinski definition) is 3. The number of allylic oxidation sites excluding steroid dienone is 2. The Morgan fingerprint density at radius 1 is 0.774 bits per heavy atom. The molecule has 1 aliphatic heterocycles. The monoisotopic (exact) mass is 442 g/mol. The van der Waals surface area contributed by atoms with Gasteiger partial charge in [-0.3, -0.25) is 0 Å². The van der Waals surface area contributed by atoms with E-state index in [1.807, 2.05) is 0 Å². The lowest BCUT2D eigenvalue weighted by atomic mass is 10.0. The molecule has 31 heavy (non-hydrogen) atoms. The molecular formula is C26H50O5. The fourth-order valence-electron chi connectivity index (χ4n) is 4.27. The molecule has 1 aliphatic rings. The van der Waals surface area contributed by atoms with Gasteiger partial charge in [0, 0.05) is 6.61 Å². The van der Waals surface area contributed by atoms with Crippen LogP contribution in [0.25, 0.3) is 0 Å². The van der Waals surface area contributed by atoms with Gasteiger partial charge >= 0.3 is 0 Å². The van der Waals surface area contributed by atoms with Gasteiger partial charge < -0.3 is 24.8 Å². The maximum absolute atomic E-state index is 10.0. The minimum atomic E-state index is -0.987. The first-order valence-corrected chi connectivity index (χ1v) is 13.0. The summed E-state index contributed by atoms with van der Waals surface area (Å²) in [6, 6.07) is 0. The molecule has 0 unspecified atom stereocenters. The molecule has 5 heteroatoms. The third-order valence-electron chi connectivity index (χ3n) is 6.32. The summed E-state index contributed by atoms with van der Waals surface area (Å²) in [7, 11) is 0. The number of unbranched alkanes of at least 4 members (excludes halogenated alkanes) is 15. The fourth-order valence-corrected chi connectivity index (χ4v) is 4.27. The first-order chi connectivity index (χ1) is 15.2. The van der Waals surface area contributed by atoms with Crippen LogP contribution in [0.2, 0.25) is 0 Å². The minimum Gasteiger partial charge on any atom is -0.394 e. The van der Waals surface area contributed by atoms with E-state index in [1.165, 1.54) is 89.9 Å². The van der Waals surface area contributed by atoms with E-state index in [1.54, 1.807) is 0 Å². The zero-order valence-electron chi connectivity index (χ0n) is 20.1. The number of aliphatic hydroxyl groups is 3. The van der Waals surface area contributed by atoms with Crippen molar-refractivity contribution in [3.63, 3.8) is 0 Å². The van der Waals surface area contributed by atoms with Crippen molar-refractivity contribution in [2.24, 2.45) is 0 Å². The Labute approximate surface area is 191 Å². The molecule has 0 bridgehead atoms. The lowest BCUT2D eigenvalue weighted by molar-refractivity contribution is -0.211. The van der Waals surface area contributed by atoms with Crippen LogP contribution in [-0.4, -0.2) is 59.6 Å². The molecule has 184 valence electrons. The molecule has 0 aromatic rings. The molecule has 1 heterocycles. The quantitative estimate of drug-likeness (QED) is 0.176. The van der Waals surface area contributed by atoms with Crippen molar-refractivity contribution >= 4 is 0 Å². The number of ether oxygens (including phenoxy) is 2. The van der Waals surface area contributed by atoms with Crippen LogP contribution in [0, 0.1) is 0 Å². The SMILES string of the molecule is C/C=C/CCCCCCCCCCCCCCCCCO[C@H]1[C@H](O)[C@@H](O)CO[C@@H]1CO. The summed E-state index contributed by atoms with van der Waals surface area (Å²) in [6.07, 6.45) is 22.3. The molecule has 1 fully saturated rings. The summed E-state index contributed by atoms with van der Waals surface area (Å²) in [5, 5.41) is 29.0. The minimum absolute atomic E-state index is 0.0453. The molecule has 1 saturated heterocycles. The highest BCUT2D eigenvalue weighted by molar-refractivity contribution is 4.87. The van der Waals surface area contributed by atoms with E-state index in [0.717, 1.165) is 12.8 Å². The second-order valence-electron chi connectivity index (χ2n) is 9.11. The van der Waals surface area contributed by atoms with Gasteiger partial charge in [-0.25, -0.2) is 0 Å². The van der Waals surface area contributed by atoms with Gasteiger partial charge in [-0.05, 0) is 26.2 Å². The molecule has 1 rings (SSSR count). The molecular weight excluding hydrogens is 392 g/mol. The Morgan fingerprint density at radius 3 is 1.74 bits per heavy atom. The lowest BCUT2D eigenvalue weighted by Gasteiger charge is -2.37. The summed E-state index contributed by atoms with van der Waals surface area (Å²) < 4.78 is 11.0. The van der Waals surface area contributed by atoms with Crippen molar-refractivity contribution < 1.29 is 24.8 Å². The van der Waals surface area contributed by atoms with E-state index < -0.39 is 24.4 Å². The van der Waals surface area contributed by atoms with Gasteiger partial charge in [-0.1, -0.05) is 95.6 Å². The van der Waals surface area contributed by atoms with E-state index in [2.05, 4.69) is 19.1 Å². The Kier molecular flexibility index (Phi) is 18.6. The summed E-state index contributed by atoms with van der Waals surface area (Å²) in [5.41, 5.74) is 0. The Balaban J connectivity index is 1.81. The highest BCUT2D eigenvalue weighted by atomic mass is 16.6. The summed E-state index contributed by atoms with van der Waals surface area (Å²) in [4.78, 5) is 0. The Bertz CT molecular complexity index is 413. The van der Waals surface area contributed by atoms with E-state index in [-0.39, 0.29) is 13.2 Å². The first-order valence-electron chi connectivity index (χ1n) is 13.0. The van der Waals surface area contributed by atoms with Crippen molar-refractivity contribution in [3.8, 4) is 0 Å². The topological polar surface area (TPSA) is 79.2 Å². The highest BCUT2D eigenvalue weighted by Crippen LogP contribution is 2.19. The molecule has 3 N–H and O–H groups in total. The Morgan fingerprint density at radius 2 is 1.26 bits per heavy atom. The average Bonchev–Trinajstić information content (AvgIpc) is 2.78. The van der Waals surface area contributed by atoms with Crippen LogP contribution in [0.3, 0.4) is 0 Å². The first kappa shape index (κ1) is 28.6. The standard InChI is InChI=1S/C26H50O5/c1-2-3-4-5-6-7-8-9-10-11-12-13-14-15-16-17-18-19-20-30-26-24(21-27)31-22-23(28)25(26)29/h2-3,23-29H,4-22H2,1H3/b3-2+/t23-,24+,25+,26+/m0/s1. The summed E-state index contributed by atoms with van der Waals surface area (Å²) in [5.74, 6) is 0. The molecule has 0 spiro atoms. The number of aliphatic hydroxyl groups excluding tert-OH is 3. The normalized spacial score (nSPS) is 24.3. The molecule has 5 nitrogen and oxygen atoms in total. The van der Waals surface area contributed by atoms with Crippen molar-refractivity contribution in [3.05, 3.63) is 12.2 Å². The highest BCUT2D eigenvalue weighted by Gasteiger charge is 2.39. The summed E-state index contributed by atoms with van der Waals surface area (Å²) in [6.45, 7) is 2.47. The van der Waals surface area contributed by atoms with E-state index >= 15 is 0 Å². The van der Waals surface area contributed by atoms with Crippen LogP contribution in [-0.2, 0) is 9.47 Å². The van der Waals surface area contributed by atoms with E-state index in [9.17, 15) is 15.3 Å². The van der Waals surface area contributed by atoms with Crippen LogP contribution >= 0.6 is 0 Å². The zero-order chi connectivity index (χ0) is 22.6. The maximum atomic E-state index is 10.0. The third kappa shape index (κ3) is 14.3. The second kappa shape index (κ2) is 20.2. The number of rotatable bonds is 20. The molecule has 0 aromatic heterocycles. The van der Waals surface area contributed by atoms with Crippen LogP contribution in [0.1, 0.15) is 110 Å². The molecule has 0 amide bonds. The summed E-state index contributed by atoms with van der Waals surface area (Å²) >= 11 is 0. The van der Waals surface area contributed by atoms with Gasteiger partial charge in [0.1, 0.15) is 24.4 Å². The predicted molar refractivity (Wildman–Crippen MR) is 127 cm³/mol. The van der Waals surface area contributed by atoms with Crippen molar-refractivity contribution in [2.45, 2.75) is 134 Å². The van der Waals surface area contributed by atoms with E-state index in [4.69, 9.17) is 9.47 Å². The van der Waals surface area contributed by atoms with Gasteiger partial charge in [0.25, 0.3) is 0 Å². The fraction of sp³-hybridized carbons (Fsp3) is 0.923. The van der Waals surface area contributed by atoms with Gasteiger partial charge in [-0.15, -0.1) is 0 Å². The molecule has 0 aromatic carbocycles. The van der Waals surface area contributed by atoms with Crippen LogP contribution in [0.4, 0.5) is 0 Å². The molecule has 4 atom stereocenters. The van der Waals surface area contributed by atoms with Gasteiger partial charge in [0.2, 0.25) is 0 Å². The zero-order valence-corrected chi connectivity index (χ0v) is 20.1.